The van der Waals surface area contributed by atoms with Crippen molar-refractivity contribution in [2.24, 2.45) is 11.8 Å². The molecule has 218 valence electrons. The van der Waals surface area contributed by atoms with Gasteiger partial charge in [-0.1, -0.05) is 6.07 Å². The van der Waals surface area contributed by atoms with Crippen molar-refractivity contribution in [3.05, 3.63) is 59.2 Å². The van der Waals surface area contributed by atoms with E-state index in [0.29, 0.717) is 48.7 Å². The average molecular weight is 565 g/mol. The maximum absolute atomic E-state index is 13.6. The molecule has 0 unspecified atom stereocenters. The summed E-state index contributed by atoms with van der Waals surface area (Å²) in [6.07, 6.45) is 7.80. The Kier molecular flexibility index (Phi) is 10.8. The van der Waals surface area contributed by atoms with E-state index in [1.165, 1.54) is 30.6 Å². The number of carboxylic acids is 1. The van der Waals surface area contributed by atoms with Gasteiger partial charge in [0, 0.05) is 44.0 Å². The van der Waals surface area contributed by atoms with E-state index < -0.39 is 17.7 Å². The monoisotopic (exact) mass is 564 g/mol. The van der Waals surface area contributed by atoms with Gasteiger partial charge in [0.05, 0.1) is 18.2 Å². The number of carboxylic acid groups (broad SMARTS) is 1. The standard InChI is InChI=1S/C31H37FN4O5/c32-28-5-3-22(12-25(28)16-33)20-41-27-13-26(17-35-18-27)24(15-31(39)40)14-29(37)23-2-1-11-36(19-23)30(38)6-4-21-7-9-34-10-8-21/h3,5,12-13,17-18,21,23-24,34H,1-2,4,6-11,14-15,19-20H2,(H,39,40)/t23-,24+/m1/s1. The topological polar surface area (TPSA) is 133 Å². The smallest absolute Gasteiger partial charge is 0.303 e. The largest absolute Gasteiger partial charge is 0.487 e. The number of ether oxygens (including phenoxy) is 1. The van der Waals surface area contributed by atoms with Crippen LogP contribution in [0.3, 0.4) is 0 Å². The average Bonchev–Trinajstić information content (AvgIpc) is 2.99. The second-order valence-electron chi connectivity index (χ2n) is 11.0. The van der Waals surface area contributed by atoms with E-state index in [9.17, 15) is 23.9 Å². The molecule has 2 N–H and O–H groups in total. The van der Waals surface area contributed by atoms with E-state index in [2.05, 4.69) is 10.3 Å². The Bertz CT molecular complexity index is 1270. The van der Waals surface area contributed by atoms with E-state index in [1.807, 2.05) is 4.90 Å². The summed E-state index contributed by atoms with van der Waals surface area (Å²) in [5.41, 5.74) is 1.08. The van der Waals surface area contributed by atoms with Crippen molar-refractivity contribution in [2.75, 3.05) is 26.2 Å². The summed E-state index contributed by atoms with van der Waals surface area (Å²) in [7, 11) is 0. The van der Waals surface area contributed by atoms with Crippen LogP contribution in [0.15, 0.2) is 36.7 Å². The van der Waals surface area contributed by atoms with Gasteiger partial charge in [0.25, 0.3) is 0 Å². The number of carbonyl (C=O) groups is 3. The number of aromatic nitrogens is 1. The number of likely N-dealkylation sites (tertiary alicyclic amines) is 1. The number of aliphatic carboxylic acids is 1. The van der Waals surface area contributed by atoms with Gasteiger partial charge in [-0.3, -0.25) is 19.4 Å². The molecule has 10 heteroatoms. The highest BCUT2D eigenvalue weighted by molar-refractivity contribution is 5.84. The summed E-state index contributed by atoms with van der Waals surface area (Å²) in [4.78, 5) is 44.0. The van der Waals surface area contributed by atoms with Crippen LogP contribution in [0.1, 0.15) is 74.0 Å². The summed E-state index contributed by atoms with van der Waals surface area (Å²) >= 11 is 0. The second-order valence-corrected chi connectivity index (χ2v) is 11.0. The second kappa shape index (κ2) is 14.7. The summed E-state index contributed by atoms with van der Waals surface area (Å²) in [6.45, 7) is 3.09. The minimum atomic E-state index is -1.03. The number of amides is 1. The fraction of sp³-hybridized carbons (Fsp3) is 0.516. The Hall–Kier alpha value is -3.84. The van der Waals surface area contributed by atoms with E-state index in [1.54, 1.807) is 12.1 Å². The molecule has 0 spiro atoms. The molecule has 1 aromatic heterocycles. The molecule has 2 atom stereocenters. The van der Waals surface area contributed by atoms with Crippen molar-refractivity contribution >= 4 is 17.7 Å². The number of Topliss-reactive ketones (excluding diaryl/α,β-unsaturated/α-hetero) is 1. The molecule has 2 aliphatic heterocycles. The van der Waals surface area contributed by atoms with Crippen LogP contribution in [0.25, 0.3) is 0 Å². The lowest BCUT2D eigenvalue weighted by Gasteiger charge is -2.33. The number of ketones is 1. The van der Waals surface area contributed by atoms with Gasteiger partial charge >= 0.3 is 5.97 Å². The zero-order valence-electron chi connectivity index (χ0n) is 23.2. The molecule has 2 aliphatic rings. The predicted octanol–water partition coefficient (Wildman–Crippen LogP) is 4.21. The maximum atomic E-state index is 13.6. The quantitative estimate of drug-likeness (QED) is 0.392. The highest BCUT2D eigenvalue weighted by atomic mass is 19.1. The third kappa shape index (κ3) is 8.82. The van der Waals surface area contributed by atoms with Crippen LogP contribution in [0, 0.1) is 29.0 Å². The van der Waals surface area contributed by atoms with Gasteiger partial charge in [-0.05, 0) is 80.4 Å². The van der Waals surface area contributed by atoms with Crippen molar-refractivity contribution in [1.29, 1.82) is 5.26 Å². The number of nitriles is 1. The van der Waals surface area contributed by atoms with Crippen molar-refractivity contribution in [3.8, 4) is 11.8 Å². The minimum absolute atomic E-state index is 0.0305. The Morgan fingerprint density at radius 2 is 1.98 bits per heavy atom. The fourth-order valence-electron chi connectivity index (χ4n) is 5.70. The molecule has 2 saturated heterocycles. The highest BCUT2D eigenvalue weighted by Gasteiger charge is 2.31. The van der Waals surface area contributed by atoms with Crippen LogP contribution < -0.4 is 10.1 Å². The number of piperidine rings is 2. The molecule has 3 heterocycles. The van der Waals surface area contributed by atoms with Crippen LogP contribution in [-0.4, -0.2) is 58.8 Å². The van der Waals surface area contributed by atoms with Crippen LogP contribution in [0.2, 0.25) is 0 Å². The molecule has 4 rings (SSSR count). The zero-order valence-corrected chi connectivity index (χ0v) is 23.2. The number of hydrogen-bond acceptors (Lipinski definition) is 7. The molecule has 9 nitrogen and oxygen atoms in total. The van der Waals surface area contributed by atoms with Gasteiger partial charge in [-0.15, -0.1) is 0 Å². The lowest BCUT2D eigenvalue weighted by atomic mass is 9.84. The Morgan fingerprint density at radius 3 is 2.73 bits per heavy atom. The SMILES string of the molecule is N#Cc1cc(COc2cncc([C@H](CC(=O)O)CC(=O)[C@@H]3CCCN(C(=O)CCC4CCNCC4)C3)c2)ccc1F. The predicted molar refractivity (Wildman–Crippen MR) is 148 cm³/mol. The van der Waals surface area contributed by atoms with Crippen molar-refractivity contribution in [2.45, 2.75) is 63.9 Å². The van der Waals surface area contributed by atoms with Crippen LogP contribution in [-0.2, 0) is 21.0 Å². The van der Waals surface area contributed by atoms with Crippen LogP contribution in [0.4, 0.5) is 4.39 Å². The molecular weight excluding hydrogens is 527 g/mol. The Balaban J connectivity index is 1.36. The molecule has 1 aromatic carbocycles. The molecule has 2 aromatic rings. The lowest BCUT2D eigenvalue weighted by molar-refractivity contribution is -0.137. The first-order valence-electron chi connectivity index (χ1n) is 14.3. The molecule has 41 heavy (non-hydrogen) atoms. The normalized spacial score (nSPS) is 18.3. The molecule has 0 aliphatic carbocycles. The number of halogens is 1. The van der Waals surface area contributed by atoms with Crippen LogP contribution in [0.5, 0.6) is 5.75 Å². The molecule has 0 radical (unpaired) electrons. The number of hydrogen-bond donors (Lipinski definition) is 2. The summed E-state index contributed by atoms with van der Waals surface area (Å²) < 4.78 is 19.4. The van der Waals surface area contributed by atoms with Gasteiger partial charge in [-0.25, -0.2) is 4.39 Å². The van der Waals surface area contributed by atoms with Gasteiger partial charge in [0.15, 0.2) is 0 Å². The first-order valence-corrected chi connectivity index (χ1v) is 14.3. The van der Waals surface area contributed by atoms with Crippen molar-refractivity contribution in [1.82, 2.24) is 15.2 Å². The molecule has 1 amide bonds. The van der Waals surface area contributed by atoms with Gasteiger partial charge in [0.1, 0.15) is 30.0 Å². The van der Waals surface area contributed by atoms with E-state index in [-0.39, 0.29) is 42.6 Å². The van der Waals surface area contributed by atoms with Gasteiger partial charge in [0.2, 0.25) is 5.91 Å². The summed E-state index contributed by atoms with van der Waals surface area (Å²) in [5, 5.41) is 22.0. The minimum Gasteiger partial charge on any atom is -0.487 e. The summed E-state index contributed by atoms with van der Waals surface area (Å²) in [5.74, 6) is -1.56. The molecule has 0 saturated carbocycles. The van der Waals surface area contributed by atoms with E-state index in [4.69, 9.17) is 10.00 Å². The zero-order chi connectivity index (χ0) is 29.2. The van der Waals surface area contributed by atoms with Gasteiger partial charge < -0.3 is 20.1 Å². The molecular formula is C31H37FN4O5. The number of rotatable bonds is 12. The first kappa shape index (κ1) is 30.1. The number of pyridine rings is 1. The number of carbonyl (C=O) groups excluding carboxylic acids is 2. The third-order valence-electron chi connectivity index (χ3n) is 8.09. The summed E-state index contributed by atoms with van der Waals surface area (Å²) in [6, 6.07) is 7.59. The third-order valence-corrected chi connectivity index (χ3v) is 8.09. The van der Waals surface area contributed by atoms with Gasteiger partial charge in [-0.2, -0.15) is 5.26 Å². The maximum Gasteiger partial charge on any atom is 0.303 e. The molecule has 2 fully saturated rings. The number of nitrogens with one attached hydrogen (secondary N) is 1. The van der Waals surface area contributed by atoms with E-state index >= 15 is 0 Å². The lowest BCUT2D eigenvalue weighted by Crippen LogP contribution is -2.42. The Labute approximate surface area is 239 Å². The Morgan fingerprint density at radius 1 is 1.17 bits per heavy atom. The molecule has 0 bridgehead atoms. The van der Waals surface area contributed by atoms with E-state index in [0.717, 1.165) is 38.8 Å². The first-order chi connectivity index (χ1) is 19.8. The van der Waals surface area contributed by atoms with Crippen molar-refractivity contribution < 1.29 is 28.6 Å². The van der Waals surface area contributed by atoms with Crippen molar-refractivity contribution in [3.63, 3.8) is 0 Å². The number of nitrogens with zero attached hydrogens (tertiary/aromatic N) is 3. The van der Waals surface area contributed by atoms with Crippen LogP contribution >= 0.6 is 0 Å². The highest BCUT2D eigenvalue weighted by Crippen LogP contribution is 2.30. The number of benzene rings is 1. The fourth-order valence-corrected chi connectivity index (χ4v) is 5.70.